The standard InChI is InChI=1S/C15H13ClF3NO3S/c1-10(11-5-4-6-12(16)9-11)20-24(21,22)14-8-3-2-7-13(14)23-15(17,18)19/h2-10,20H,1H3. The van der Waals surface area contributed by atoms with E-state index in [9.17, 15) is 21.6 Å². The van der Waals surface area contributed by atoms with Crippen LogP contribution < -0.4 is 9.46 Å². The molecule has 2 rings (SSSR count). The van der Waals surface area contributed by atoms with Crippen molar-refractivity contribution in [2.45, 2.75) is 24.2 Å². The molecule has 0 saturated heterocycles. The Kier molecular flexibility index (Phi) is 5.42. The Morgan fingerprint density at radius 3 is 2.42 bits per heavy atom. The molecule has 0 aliphatic carbocycles. The Hall–Kier alpha value is -1.77. The summed E-state index contributed by atoms with van der Waals surface area (Å²) in [5, 5.41) is 0.416. The first-order valence-corrected chi connectivity index (χ1v) is 8.57. The maximum absolute atomic E-state index is 12.4. The predicted octanol–water partition coefficient (Wildman–Crippen LogP) is 4.28. The highest BCUT2D eigenvalue weighted by molar-refractivity contribution is 7.89. The van der Waals surface area contributed by atoms with E-state index in [4.69, 9.17) is 11.6 Å². The van der Waals surface area contributed by atoms with E-state index in [-0.39, 0.29) is 0 Å². The largest absolute Gasteiger partial charge is 0.573 e. The lowest BCUT2D eigenvalue weighted by Crippen LogP contribution is -2.28. The molecular formula is C15H13ClF3NO3S. The number of hydrogen-bond donors (Lipinski definition) is 1. The molecule has 0 saturated carbocycles. The summed E-state index contributed by atoms with van der Waals surface area (Å²) in [4.78, 5) is -0.601. The van der Waals surface area contributed by atoms with E-state index in [2.05, 4.69) is 9.46 Å². The Morgan fingerprint density at radius 1 is 1.12 bits per heavy atom. The van der Waals surface area contributed by atoms with Crippen molar-refractivity contribution in [3.63, 3.8) is 0 Å². The molecule has 0 aliphatic heterocycles. The molecule has 24 heavy (non-hydrogen) atoms. The SMILES string of the molecule is CC(NS(=O)(=O)c1ccccc1OC(F)(F)F)c1cccc(Cl)c1. The Morgan fingerprint density at radius 2 is 1.79 bits per heavy atom. The zero-order valence-electron chi connectivity index (χ0n) is 12.3. The molecular weight excluding hydrogens is 367 g/mol. The second kappa shape index (κ2) is 7.00. The summed E-state index contributed by atoms with van der Waals surface area (Å²) in [6.45, 7) is 1.55. The number of rotatable bonds is 5. The number of sulfonamides is 1. The first kappa shape index (κ1) is 18.6. The van der Waals surface area contributed by atoms with Crippen LogP contribution in [0.3, 0.4) is 0 Å². The third kappa shape index (κ3) is 4.86. The van der Waals surface area contributed by atoms with Crippen molar-refractivity contribution in [1.29, 1.82) is 0 Å². The molecule has 2 aromatic carbocycles. The van der Waals surface area contributed by atoms with Crippen molar-refractivity contribution in [3.05, 3.63) is 59.1 Å². The van der Waals surface area contributed by atoms with Gasteiger partial charge >= 0.3 is 6.36 Å². The maximum atomic E-state index is 12.4. The zero-order valence-corrected chi connectivity index (χ0v) is 13.9. The van der Waals surface area contributed by atoms with Crippen molar-refractivity contribution in [2.75, 3.05) is 0 Å². The normalized spacial score (nSPS) is 13.5. The van der Waals surface area contributed by atoms with E-state index >= 15 is 0 Å². The van der Waals surface area contributed by atoms with E-state index in [1.54, 1.807) is 31.2 Å². The second-order valence-electron chi connectivity index (χ2n) is 4.89. The van der Waals surface area contributed by atoms with Gasteiger partial charge in [-0.1, -0.05) is 35.9 Å². The lowest BCUT2D eigenvalue weighted by atomic mass is 10.1. The minimum Gasteiger partial charge on any atom is -0.404 e. The molecule has 0 amide bonds. The number of para-hydroxylation sites is 1. The number of nitrogens with one attached hydrogen (secondary N) is 1. The second-order valence-corrected chi connectivity index (χ2v) is 7.01. The highest BCUT2D eigenvalue weighted by Crippen LogP contribution is 2.30. The maximum Gasteiger partial charge on any atom is 0.573 e. The van der Waals surface area contributed by atoms with Crippen molar-refractivity contribution >= 4 is 21.6 Å². The first-order valence-electron chi connectivity index (χ1n) is 6.71. The molecule has 1 unspecified atom stereocenters. The van der Waals surface area contributed by atoms with Gasteiger partial charge in [0, 0.05) is 11.1 Å². The highest BCUT2D eigenvalue weighted by atomic mass is 35.5. The molecule has 0 bridgehead atoms. The van der Waals surface area contributed by atoms with Gasteiger partial charge in [0.15, 0.2) is 0 Å². The number of hydrogen-bond acceptors (Lipinski definition) is 3. The van der Waals surface area contributed by atoms with E-state index in [1.165, 1.54) is 12.1 Å². The number of halogens is 4. The van der Waals surface area contributed by atoms with Gasteiger partial charge in [-0.25, -0.2) is 13.1 Å². The highest BCUT2D eigenvalue weighted by Gasteiger charge is 2.34. The Bertz CT molecular complexity index is 825. The van der Waals surface area contributed by atoms with Crippen LogP contribution in [0.2, 0.25) is 5.02 Å². The summed E-state index contributed by atoms with van der Waals surface area (Å²) < 4.78 is 68.2. The van der Waals surface area contributed by atoms with Gasteiger partial charge < -0.3 is 4.74 Å². The van der Waals surface area contributed by atoms with Crippen molar-refractivity contribution in [3.8, 4) is 5.75 Å². The minimum absolute atomic E-state index is 0.416. The van der Waals surface area contributed by atoms with Gasteiger partial charge in [0.05, 0.1) is 0 Å². The summed E-state index contributed by atoms with van der Waals surface area (Å²) in [6.07, 6.45) is -5.00. The summed E-state index contributed by atoms with van der Waals surface area (Å²) in [5.74, 6) is -0.796. The molecule has 130 valence electrons. The van der Waals surface area contributed by atoms with Crippen LogP contribution in [0.1, 0.15) is 18.5 Å². The topological polar surface area (TPSA) is 55.4 Å². The van der Waals surface area contributed by atoms with Crippen LogP contribution in [0, 0.1) is 0 Å². The van der Waals surface area contributed by atoms with E-state index < -0.39 is 33.1 Å². The monoisotopic (exact) mass is 379 g/mol. The Labute approximate surface area is 142 Å². The molecule has 0 heterocycles. The van der Waals surface area contributed by atoms with Crippen LogP contribution in [0.4, 0.5) is 13.2 Å². The lowest BCUT2D eigenvalue weighted by Gasteiger charge is -2.17. The molecule has 2 aromatic rings. The summed E-state index contributed by atoms with van der Waals surface area (Å²) >= 11 is 5.85. The average Bonchev–Trinajstić information content (AvgIpc) is 2.45. The molecule has 1 N–H and O–H groups in total. The van der Waals surface area contributed by atoms with E-state index in [1.807, 2.05) is 0 Å². The molecule has 0 spiro atoms. The molecule has 9 heteroatoms. The average molecular weight is 380 g/mol. The summed E-state index contributed by atoms with van der Waals surface area (Å²) in [5.41, 5.74) is 0.570. The predicted molar refractivity (Wildman–Crippen MR) is 83.3 cm³/mol. The Balaban J connectivity index is 2.31. The van der Waals surface area contributed by atoms with Crippen LogP contribution in [0.25, 0.3) is 0 Å². The van der Waals surface area contributed by atoms with Gasteiger partial charge in [-0.2, -0.15) is 0 Å². The van der Waals surface area contributed by atoms with Gasteiger partial charge in [0.1, 0.15) is 10.6 Å². The van der Waals surface area contributed by atoms with Crippen molar-refractivity contribution < 1.29 is 26.3 Å². The van der Waals surface area contributed by atoms with Crippen LogP contribution in [-0.2, 0) is 10.0 Å². The quantitative estimate of drug-likeness (QED) is 0.843. The molecule has 4 nitrogen and oxygen atoms in total. The van der Waals surface area contributed by atoms with E-state index in [0.29, 0.717) is 10.6 Å². The van der Waals surface area contributed by atoms with Crippen molar-refractivity contribution in [2.24, 2.45) is 0 Å². The third-order valence-corrected chi connectivity index (χ3v) is 4.86. The molecule has 0 fully saturated rings. The molecule has 1 atom stereocenters. The fourth-order valence-corrected chi connectivity index (χ4v) is 3.58. The first-order chi connectivity index (χ1) is 11.1. The van der Waals surface area contributed by atoms with Crippen LogP contribution in [-0.4, -0.2) is 14.8 Å². The van der Waals surface area contributed by atoms with Crippen LogP contribution in [0.15, 0.2) is 53.4 Å². The van der Waals surface area contributed by atoms with Gasteiger partial charge in [-0.3, -0.25) is 0 Å². The summed E-state index contributed by atoms with van der Waals surface area (Å²) in [7, 11) is -4.24. The fourth-order valence-electron chi connectivity index (χ4n) is 2.02. The minimum atomic E-state index is -5.00. The fraction of sp³-hybridized carbons (Fsp3) is 0.200. The van der Waals surface area contributed by atoms with Gasteiger partial charge in [0.25, 0.3) is 0 Å². The van der Waals surface area contributed by atoms with E-state index in [0.717, 1.165) is 12.1 Å². The summed E-state index contributed by atoms with van der Waals surface area (Å²) in [6, 6.07) is 10.3. The lowest BCUT2D eigenvalue weighted by molar-refractivity contribution is -0.275. The number of benzene rings is 2. The molecule has 0 aromatic heterocycles. The van der Waals surface area contributed by atoms with Gasteiger partial charge in [-0.05, 0) is 36.8 Å². The van der Waals surface area contributed by atoms with Gasteiger partial charge in [-0.15, -0.1) is 13.2 Å². The number of alkyl halides is 3. The smallest absolute Gasteiger partial charge is 0.404 e. The van der Waals surface area contributed by atoms with Gasteiger partial charge in [0.2, 0.25) is 10.0 Å². The van der Waals surface area contributed by atoms with Crippen LogP contribution in [0.5, 0.6) is 5.75 Å². The van der Waals surface area contributed by atoms with Crippen molar-refractivity contribution in [1.82, 2.24) is 4.72 Å². The zero-order chi connectivity index (χ0) is 18.0. The number of ether oxygens (including phenoxy) is 1. The third-order valence-electron chi connectivity index (χ3n) is 3.04. The molecule has 0 radical (unpaired) electrons. The van der Waals surface area contributed by atoms with Crippen LogP contribution >= 0.6 is 11.6 Å². The molecule has 0 aliphatic rings.